The number of likely N-dealkylation sites (N-methyl/N-ethyl adjacent to an activating group) is 1. The van der Waals surface area contributed by atoms with Crippen molar-refractivity contribution in [1.82, 2.24) is 14.9 Å². The van der Waals surface area contributed by atoms with Gasteiger partial charge in [0.15, 0.2) is 0 Å². The first-order valence-electron chi connectivity index (χ1n) is 6.99. The summed E-state index contributed by atoms with van der Waals surface area (Å²) in [4.78, 5) is 10.1. The number of nitrogens with zero attached hydrogens (tertiary/aromatic N) is 2. The highest BCUT2D eigenvalue weighted by Crippen LogP contribution is 2.30. The average Bonchev–Trinajstić information content (AvgIpc) is 2.94. The Hall–Kier alpha value is -1.39. The molecule has 1 aromatic heterocycles. The predicted octanol–water partition coefficient (Wildman–Crippen LogP) is 2.30. The Bertz CT molecular complexity index is 524. The highest BCUT2D eigenvalue weighted by molar-refractivity contribution is 5.74. The molecule has 0 spiro atoms. The molecule has 1 saturated carbocycles. The van der Waals surface area contributed by atoms with Crippen LogP contribution >= 0.6 is 0 Å². The van der Waals surface area contributed by atoms with Crippen LogP contribution in [0.25, 0.3) is 11.0 Å². The van der Waals surface area contributed by atoms with E-state index < -0.39 is 5.60 Å². The monoisotopic (exact) mass is 259 g/mol. The van der Waals surface area contributed by atoms with Crippen molar-refractivity contribution in [3.8, 4) is 0 Å². The molecule has 2 aromatic rings. The third-order valence-electron chi connectivity index (χ3n) is 3.96. The molecule has 0 saturated heterocycles. The summed E-state index contributed by atoms with van der Waals surface area (Å²) in [6.45, 7) is 1.47. The fourth-order valence-corrected chi connectivity index (χ4v) is 3.09. The summed E-state index contributed by atoms with van der Waals surface area (Å²) in [6, 6.07) is 8.06. The van der Waals surface area contributed by atoms with Gasteiger partial charge in [-0.15, -0.1) is 0 Å². The molecule has 4 nitrogen and oxygen atoms in total. The molecule has 19 heavy (non-hydrogen) atoms. The number of rotatable bonds is 4. The minimum atomic E-state index is -0.485. The highest BCUT2D eigenvalue weighted by atomic mass is 16.3. The quantitative estimate of drug-likeness (QED) is 0.886. The molecule has 0 aliphatic heterocycles. The topological polar surface area (TPSA) is 52.2 Å². The molecular formula is C15H21N3O. The lowest BCUT2D eigenvalue weighted by Crippen LogP contribution is -2.38. The van der Waals surface area contributed by atoms with Gasteiger partial charge in [0.25, 0.3) is 0 Å². The van der Waals surface area contributed by atoms with E-state index in [1.165, 1.54) is 0 Å². The van der Waals surface area contributed by atoms with Gasteiger partial charge in [-0.1, -0.05) is 25.0 Å². The molecule has 1 heterocycles. The Balaban J connectivity index is 1.67. The van der Waals surface area contributed by atoms with Crippen molar-refractivity contribution < 1.29 is 5.11 Å². The minimum Gasteiger partial charge on any atom is -0.389 e. The molecule has 0 unspecified atom stereocenters. The largest absolute Gasteiger partial charge is 0.389 e. The number of hydrogen-bond donors (Lipinski definition) is 2. The van der Waals surface area contributed by atoms with Crippen LogP contribution in [0.3, 0.4) is 0 Å². The first-order valence-corrected chi connectivity index (χ1v) is 6.99. The Morgan fingerprint density at radius 2 is 2.05 bits per heavy atom. The molecule has 1 aromatic carbocycles. The van der Waals surface area contributed by atoms with Crippen LogP contribution in [0.2, 0.25) is 0 Å². The van der Waals surface area contributed by atoms with Crippen LogP contribution in [0.1, 0.15) is 31.5 Å². The molecule has 3 rings (SSSR count). The Morgan fingerprint density at radius 1 is 1.32 bits per heavy atom. The molecule has 1 aliphatic rings. The molecule has 0 amide bonds. The maximum absolute atomic E-state index is 10.4. The number of nitrogens with one attached hydrogen (secondary N) is 1. The van der Waals surface area contributed by atoms with Crippen molar-refractivity contribution in [2.24, 2.45) is 0 Å². The molecular weight excluding hydrogens is 238 g/mol. The summed E-state index contributed by atoms with van der Waals surface area (Å²) in [5.74, 6) is 0.963. The summed E-state index contributed by atoms with van der Waals surface area (Å²) >= 11 is 0. The second-order valence-electron chi connectivity index (χ2n) is 5.80. The van der Waals surface area contributed by atoms with E-state index in [2.05, 4.69) is 14.9 Å². The number of imidazole rings is 1. The van der Waals surface area contributed by atoms with Crippen LogP contribution < -0.4 is 0 Å². The Morgan fingerprint density at radius 3 is 2.79 bits per heavy atom. The fourth-order valence-electron chi connectivity index (χ4n) is 3.09. The van der Waals surface area contributed by atoms with Gasteiger partial charge in [-0.05, 0) is 32.0 Å². The summed E-state index contributed by atoms with van der Waals surface area (Å²) in [5.41, 5.74) is 1.59. The zero-order valence-corrected chi connectivity index (χ0v) is 11.4. The third-order valence-corrected chi connectivity index (χ3v) is 3.96. The molecule has 0 atom stereocenters. The molecule has 2 N–H and O–H groups in total. The molecule has 4 heteroatoms. The number of para-hydroxylation sites is 2. The van der Waals surface area contributed by atoms with Crippen LogP contribution in [-0.2, 0) is 6.54 Å². The van der Waals surface area contributed by atoms with Crippen molar-refractivity contribution in [2.45, 2.75) is 37.8 Å². The lowest BCUT2D eigenvalue weighted by atomic mass is 10.0. The zero-order valence-electron chi connectivity index (χ0n) is 11.4. The number of H-pyrrole nitrogens is 1. The van der Waals surface area contributed by atoms with Gasteiger partial charge in [0.2, 0.25) is 0 Å². The van der Waals surface area contributed by atoms with E-state index >= 15 is 0 Å². The van der Waals surface area contributed by atoms with E-state index in [0.717, 1.165) is 55.6 Å². The number of fused-ring (bicyclic) bond motifs is 1. The fraction of sp³-hybridized carbons (Fsp3) is 0.533. The zero-order chi connectivity index (χ0) is 13.3. The molecule has 0 bridgehead atoms. The predicted molar refractivity (Wildman–Crippen MR) is 75.8 cm³/mol. The lowest BCUT2D eigenvalue weighted by molar-refractivity contribution is 0.0140. The maximum Gasteiger partial charge on any atom is 0.121 e. The Kier molecular flexibility index (Phi) is 3.29. The second kappa shape index (κ2) is 4.94. The molecule has 0 radical (unpaired) electrons. The molecule has 1 aliphatic carbocycles. The van der Waals surface area contributed by atoms with Gasteiger partial charge in [-0.2, -0.15) is 0 Å². The van der Waals surface area contributed by atoms with Crippen molar-refractivity contribution in [1.29, 1.82) is 0 Å². The van der Waals surface area contributed by atoms with E-state index in [9.17, 15) is 5.11 Å². The van der Waals surface area contributed by atoms with Crippen LogP contribution in [0.5, 0.6) is 0 Å². The summed E-state index contributed by atoms with van der Waals surface area (Å²) in [5, 5.41) is 10.4. The first kappa shape index (κ1) is 12.6. The third kappa shape index (κ3) is 2.80. The van der Waals surface area contributed by atoms with E-state index in [4.69, 9.17) is 0 Å². The van der Waals surface area contributed by atoms with Crippen molar-refractivity contribution in [2.75, 3.05) is 13.6 Å². The van der Waals surface area contributed by atoms with Gasteiger partial charge in [-0.25, -0.2) is 4.98 Å². The van der Waals surface area contributed by atoms with Crippen LogP contribution in [0.4, 0.5) is 0 Å². The number of aliphatic hydroxyl groups is 1. The average molecular weight is 259 g/mol. The highest BCUT2D eigenvalue weighted by Gasteiger charge is 2.32. The van der Waals surface area contributed by atoms with Gasteiger partial charge in [0.1, 0.15) is 5.82 Å². The normalized spacial score (nSPS) is 18.5. The minimum absolute atomic E-state index is 0.485. The van der Waals surface area contributed by atoms with Gasteiger partial charge < -0.3 is 10.1 Å². The number of hydrogen-bond acceptors (Lipinski definition) is 3. The van der Waals surface area contributed by atoms with E-state index in [-0.39, 0.29) is 0 Å². The van der Waals surface area contributed by atoms with Crippen LogP contribution in [0, 0.1) is 0 Å². The van der Waals surface area contributed by atoms with Crippen LogP contribution in [-0.4, -0.2) is 39.2 Å². The van der Waals surface area contributed by atoms with Gasteiger partial charge in [-0.3, -0.25) is 4.90 Å². The Labute approximate surface area is 113 Å². The molecule has 102 valence electrons. The molecule has 1 fully saturated rings. The van der Waals surface area contributed by atoms with Crippen LogP contribution in [0.15, 0.2) is 24.3 Å². The maximum atomic E-state index is 10.4. The number of benzene rings is 1. The van der Waals surface area contributed by atoms with E-state index in [1.807, 2.05) is 31.3 Å². The number of aromatic nitrogens is 2. The van der Waals surface area contributed by atoms with Crippen molar-refractivity contribution in [3.05, 3.63) is 30.1 Å². The van der Waals surface area contributed by atoms with Gasteiger partial charge >= 0.3 is 0 Å². The van der Waals surface area contributed by atoms with E-state index in [0.29, 0.717) is 0 Å². The van der Waals surface area contributed by atoms with Crippen molar-refractivity contribution >= 4 is 11.0 Å². The number of aromatic amines is 1. The van der Waals surface area contributed by atoms with Gasteiger partial charge in [0, 0.05) is 6.54 Å². The van der Waals surface area contributed by atoms with Crippen molar-refractivity contribution in [3.63, 3.8) is 0 Å². The SMILES string of the molecule is CN(Cc1nc2ccccc2[nH]1)CC1(O)CCCC1. The first-order chi connectivity index (χ1) is 9.15. The summed E-state index contributed by atoms with van der Waals surface area (Å²) < 4.78 is 0. The summed E-state index contributed by atoms with van der Waals surface area (Å²) in [6.07, 6.45) is 4.15. The van der Waals surface area contributed by atoms with Gasteiger partial charge in [0.05, 0.1) is 23.2 Å². The summed E-state index contributed by atoms with van der Waals surface area (Å²) in [7, 11) is 2.05. The van der Waals surface area contributed by atoms with E-state index in [1.54, 1.807) is 0 Å². The second-order valence-corrected chi connectivity index (χ2v) is 5.80. The lowest BCUT2D eigenvalue weighted by Gasteiger charge is -2.27. The smallest absolute Gasteiger partial charge is 0.121 e. The standard InChI is InChI=1S/C15H21N3O/c1-18(11-15(19)8-4-5-9-15)10-14-16-12-6-2-3-7-13(12)17-14/h2-3,6-7,19H,4-5,8-11H2,1H3,(H,16,17).